The molecule has 12 nitrogen and oxygen atoms in total. The van der Waals surface area contributed by atoms with E-state index in [-0.39, 0.29) is 30.4 Å². The van der Waals surface area contributed by atoms with E-state index < -0.39 is 42.2 Å². The molecule has 0 bridgehead atoms. The molecular weight excluding hydrogens is 422 g/mol. The van der Waals surface area contributed by atoms with E-state index in [9.17, 15) is 24.0 Å². The van der Waals surface area contributed by atoms with Crippen LogP contribution in [0.2, 0.25) is 0 Å². The third kappa shape index (κ3) is 6.09. The summed E-state index contributed by atoms with van der Waals surface area (Å²) in [6.45, 7) is 2.97. The first-order chi connectivity index (χ1) is 15.3. The number of nitrogens with two attached hydrogens (primary N) is 1. The molecule has 174 valence electrons. The summed E-state index contributed by atoms with van der Waals surface area (Å²) in [5.74, 6) is -2.27. The van der Waals surface area contributed by atoms with Crippen LogP contribution in [0.4, 0.5) is 11.5 Å². The molecule has 2 rings (SSSR count). The van der Waals surface area contributed by atoms with Gasteiger partial charge in [-0.2, -0.15) is 0 Å². The molecule has 0 atom stereocenters. The highest BCUT2D eigenvalue weighted by atomic mass is 16.5. The molecule has 0 aliphatic rings. The predicted octanol–water partition coefficient (Wildman–Crippen LogP) is 0.228. The number of rotatable bonds is 11. The Balaban J connectivity index is 2.11. The number of carbonyl (C=O) groups is 3. The van der Waals surface area contributed by atoms with Gasteiger partial charge in [0.1, 0.15) is 12.4 Å². The summed E-state index contributed by atoms with van der Waals surface area (Å²) >= 11 is 0. The van der Waals surface area contributed by atoms with Gasteiger partial charge in [-0.15, -0.1) is 0 Å². The molecule has 12 heteroatoms. The van der Waals surface area contributed by atoms with Gasteiger partial charge >= 0.3 is 11.7 Å². The first-order valence-electron chi connectivity index (χ1n) is 10.2. The Morgan fingerprint density at radius 1 is 1.25 bits per heavy atom. The van der Waals surface area contributed by atoms with Crippen molar-refractivity contribution < 1.29 is 23.5 Å². The van der Waals surface area contributed by atoms with Gasteiger partial charge < -0.3 is 25.1 Å². The van der Waals surface area contributed by atoms with Crippen LogP contribution >= 0.6 is 0 Å². The quantitative estimate of drug-likeness (QED) is 0.409. The Labute approximate surface area is 183 Å². The molecule has 0 fully saturated rings. The number of amides is 2. The lowest BCUT2D eigenvalue weighted by Crippen LogP contribution is -2.43. The number of hydrogen-bond acceptors (Lipinski definition) is 8. The van der Waals surface area contributed by atoms with Crippen LogP contribution in [0, 0.1) is 0 Å². The summed E-state index contributed by atoms with van der Waals surface area (Å²) in [5, 5.41) is 2.30. The lowest BCUT2D eigenvalue weighted by atomic mass is 10.2. The molecule has 2 heterocycles. The van der Waals surface area contributed by atoms with Gasteiger partial charge in [-0.1, -0.05) is 20.3 Å². The summed E-state index contributed by atoms with van der Waals surface area (Å²) in [5.41, 5.74) is 4.41. The molecule has 0 saturated carbocycles. The number of aromatic nitrogens is 2. The zero-order chi connectivity index (χ0) is 23.7. The summed E-state index contributed by atoms with van der Waals surface area (Å²) in [7, 11) is 0. The molecule has 0 unspecified atom stereocenters. The van der Waals surface area contributed by atoms with Crippen molar-refractivity contribution >= 4 is 29.3 Å². The Kier molecular flexibility index (Phi) is 8.81. The van der Waals surface area contributed by atoms with Crippen molar-refractivity contribution in [2.24, 2.45) is 0 Å². The number of nitrogens with one attached hydrogen (secondary N) is 2. The minimum atomic E-state index is -0.855. The van der Waals surface area contributed by atoms with Crippen LogP contribution < -0.4 is 27.2 Å². The van der Waals surface area contributed by atoms with Crippen molar-refractivity contribution in [1.82, 2.24) is 14.9 Å². The first kappa shape index (κ1) is 24.4. The molecule has 4 N–H and O–H groups in total. The Morgan fingerprint density at radius 3 is 2.62 bits per heavy atom. The number of H-pyrrole nitrogens is 1. The van der Waals surface area contributed by atoms with E-state index in [0.29, 0.717) is 12.8 Å². The summed E-state index contributed by atoms with van der Waals surface area (Å²) in [4.78, 5) is 64.3. The van der Waals surface area contributed by atoms with Crippen molar-refractivity contribution in [2.45, 2.75) is 39.7 Å². The largest absolute Gasteiger partial charge is 0.459 e. The molecule has 2 aromatic rings. The lowest BCUT2D eigenvalue weighted by molar-refractivity contribution is -0.146. The minimum absolute atomic E-state index is 0.0246. The normalized spacial score (nSPS) is 10.6. The van der Waals surface area contributed by atoms with E-state index in [2.05, 4.69) is 10.3 Å². The summed E-state index contributed by atoms with van der Waals surface area (Å²) in [6.07, 6.45) is 3.16. The molecule has 0 aliphatic heterocycles. The molecule has 0 saturated heterocycles. The monoisotopic (exact) mass is 449 g/mol. The van der Waals surface area contributed by atoms with Gasteiger partial charge in [0.2, 0.25) is 0 Å². The second-order valence-corrected chi connectivity index (χ2v) is 6.86. The summed E-state index contributed by atoms with van der Waals surface area (Å²) < 4.78 is 11.0. The van der Waals surface area contributed by atoms with Gasteiger partial charge in [-0.3, -0.25) is 28.7 Å². The standard InChI is InChI=1S/C20H27N5O7/c1-3-5-9-24(16-17(21)25(8-4-2)20(30)23-19(16)29)14(26)12-32-15(27)11-22-18(28)13-7-6-10-31-13/h6-7,10H,3-5,8-9,11-12,21H2,1-2H3,(H,22,28)(H,23,29,30). The maximum Gasteiger partial charge on any atom is 0.330 e. The molecule has 2 aromatic heterocycles. The van der Waals surface area contributed by atoms with Crippen molar-refractivity contribution in [1.29, 1.82) is 0 Å². The number of nitrogen functional groups attached to an aromatic ring is 1. The van der Waals surface area contributed by atoms with Crippen LogP contribution in [-0.2, 0) is 20.9 Å². The van der Waals surface area contributed by atoms with Gasteiger partial charge in [0.05, 0.1) is 6.26 Å². The molecule has 0 radical (unpaired) electrons. The highest BCUT2D eigenvalue weighted by Gasteiger charge is 2.25. The van der Waals surface area contributed by atoms with E-state index in [1.807, 2.05) is 13.8 Å². The van der Waals surface area contributed by atoms with Crippen LogP contribution in [0.5, 0.6) is 0 Å². The highest BCUT2D eigenvalue weighted by molar-refractivity contribution is 5.97. The van der Waals surface area contributed by atoms with E-state index in [4.69, 9.17) is 14.9 Å². The van der Waals surface area contributed by atoms with E-state index >= 15 is 0 Å². The number of anilines is 2. The topological polar surface area (TPSA) is 170 Å². The van der Waals surface area contributed by atoms with Crippen LogP contribution in [-0.4, -0.2) is 47.0 Å². The third-order valence-corrected chi connectivity index (χ3v) is 4.46. The zero-order valence-corrected chi connectivity index (χ0v) is 18.0. The van der Waals surface area contributed by atoms with Crippen LogP contribution in [0.25, 0.3) is 0 Å². The van der Waals surface area contributed by atoms with Gasteiger partial charge in [-0.25, -0.2) is 4.79 Å². The Morgan fingerprint density at radius 2 is 2.00 bits per heavy atom. The second kappa shape index (κ2) is 11.5. The number of furan rings is 1. The van der Waals surface area contributed by atoms with Crippen LogP contribution in [0.15, 0.2) is 32.4 Å². The minimum Gasteiger partial charge on any atom is -0.459 e. The molecular formula is C20H27N5O7. The first-order valence-corrected chi connectivity index (χ1v) is 10.2. The number of hydrogen-bond donors (Lipinski definition) is 3. The number of nitrogens with zero attached hydrogens (tertiary/aromatic N) is 2. The smallest absolute Gasteiger partial charge is 0.330 e. The van der Waals surface area contributed by atoms with Gasteiger partial charge in [0.15, 0.2) is 18.1 Å². The van der Waals surface area contributed by atoms with Crippen LogP contribution in [0.3, 0.4) is 0 Å². The van der Waals surface area contributed by atoms with E-state index in [1.165, 1.54) is 23.0 Å². The van der Waals surface area contributed by atoms with Gasteiger partial charge in [-0.05, 0) is 25.0 Å². The fourth-order valence-corrected chi connectivity index (χ4v) is 2.88. The number of carbonyl (C=O) groups excluding carboxylic acids is 3. The maximum atomic E-state index is 12.8. The maximum absolute atomic E-state index is 12.8. The van der Waals surface area contributed by atoms with Crippen molar-refractivity contribution in [3.63, 3.8) is 0 Å². The molecule has 0 aromatic carbocycles. The number of unbranched alkanes of at least 4 members (excludes halogenated alkanes) is 1. The number of esters is 1. The van der Waals surface area contributed by atoms with Gasteiger partial charge in [0, 0.05) is 13.1 Å². The number of aromatic amines is 1. The third-order valence-electron chi connectivity index (χ3n) is 4.46. The Bertz CT molecular complexity index is 1060. The average molecular weight is 449 g/mol. The second-order valence-electron chi connectivity index (χ2n) is 6.86. The van der Waals surface area contributed by atoms with Crippen LogP contribution in [0.1, 0.15) is 43.7 Å². The fourth-order valence-electron chi connectivity index (χ4n) is 2.88. The number of ether oxygens (including phenoxy) is 1. The SMILES string of the molecule is CCCCN(C(=O)COC(=O)CNC(=O)c1ccco1)c1c(N)n(CCC)c(=O)[nH]c1=O. The molecule has 0 aliphatic carbocycles. The zero-order valence-electron chi connectivity index (χ0n) is 18.0. The van der Waals surface area contributed by atoms with Gasteiger partial charge in [0.25, 0.3) is 17.4 Å². The molecule has 0 spiro atoms. The summed E-state index contributed by atoms with van der Waals surface area (Å²) in [6, 6.07) is 2.95. The van der Waals surface area contributed by atoms with Crippen molar-refractivity contribution in [2.75, 3.05) is 30.3 Å². The molecule has 32 heavy (non-hydrogen) atoms. The van der Waals surface area contributed by atoms with Crippen molar-refractivity contribution in [3.05, 3.63) is 45.0 Å². The Hall–Kier alpha value is -3.83. The van der Waals surface area contributed by atoms with E-state index in [1.54, 1.807) is 0 Å². The lowest BCUT2D eigenvalue weighted by Gasteiger charge is -2.24. The van der Waals surface area contributed by atoms with Crippen molar-refractivity contribution in [3.8, 4) is 0 Å². The average Bonchev–Trinajstić information content (AvgIpc) is 3.30. The fraction of sp³-hybridized carbons (Fsp3) is 0.450. The predicted molar refractivity (Wildman–Crippen MR) is 115 cm³/mol. The molecule has 2 amide bonds. The van der Waals surface area contributed by atoms with E-state index in [0.717, 1.165) is 11.3 Å². The highest BCUT2D eigenvalue weighted by Crippen LogP contribution is 2.18.